The molecule has 4 aromatic rings. The van der Waals surface area contributed by atoms with E-state index in [2.05, 4.69) is 0 Å². The van der Waals surface area contributed by atoms with E-state index in [1.54, 1.807) is 0 Å². The second-order valence-corrected chi connectivity index (χ2v) is 9.09. The molecule has 6 nitrogen and oxygen atoms in total. The van der Waals surface area contributed by atoms with Crippen LogP contribution in [0.4, 0.5) is 17.6 Å². The maximum absolute atomic E-state index is 13.8. The molecule has 0 aliphatic carbocycles. The van der Waals surface area contributed by atoms with Gasteiger partial charge in [0, 0.05) is 14.1 Å². The van der Waals surface area contributed by atoms with Gasteiger partial charge in [-0.2, -0.15) is 13.2 Å². The lowest BCUT2D eigenvalue weighted by Crippen LogP contribution is -2.39. The van der Waals surface area contributed by atoms with Crippen LogP contribution in [0.5, 0.6) is 0 Å². The highest BCUT2D eigenvalue weighted by molar-refractivity contribution is 7.20. The first-order chi connectivity index (χ1) is 16.4. The highest BCUT2D eigenvalue weighted by Gasteiger charge is 2.35. The number of nitrogens with zero attached hydrogens (tertiary/aromatic N) is 3. The molecule has 0 unspecified atom stereocenters. The molecule has 2 aromatic heterocycles. The van der Waals surface area contributed by atoms with Crippen molar-refractivity contribution in [3.05, 3.63) is 96.8 Å². The Balaban J connectivity index is 2.12. The summed E-state index contributed by atoms with van der Waals surface area (Å²) in [6.07, 6.45) is -4.82. The molecule has 2 aromatic carbocycles. The van der Waals surface area contributed by atoms with Crippen LogP contribution >= 0.6 is 11.3 Å². The predicted octanol–water partition coefficient (Wildman–Crippen LogP) is 4.43. The van der Waals surface area contributed by atoms with Gasteiger partial charge in [-0.25, -0.2) is 13.8 Å². The lowest BCUT2D eigenvalue weighted by molar-refractivity contribution is -0.137. The minimum atomic E-state index is -4.82. The van der Waals surface area contributed by atoms with E-state index in [1.165, 1.54) is 56.3 Å². The van der Waals surface area contributed by atoms with Gasteiger partial charge in [0.15, 0.2) is 0 Å². The summed E-state index contributed by atoms with van der Waals surface area (Å²) in [7, 11) is 3.05. The molecule has 0 N–H and O–H groups in total. The van der Waals surface area contributed by atoms with Crippen molar-refractivity contribution in [2.75, 3.05) is 14.1 Å². The van der Waals surface area contributed by atoms with Gasteiger partial charge in [-0.3, -0.25) is 14.2 Å². The molecular formula is C24H19F4N3O3S. The van der Waals surface area contributed by atoms with Crippen LogP contribution in [-0.2, 0) is 12.7 Å². The van der Waals surface area contributed by atoms with E-state index in [0.29, 0.717) is 10.1 Å². The quantitative estimate of drug-likeness (QED) is 0.386. The lowest BCUT2D eigenvalue weighted by Gasteiger charge is -2.16. The molecule has 0 radical (unpaired) electrons. The average molecular weight is 505 g/mol. The number of alkyl halides is 3. The van der Waals surface area contributed by atoms with Crippen LogP contribution < -0.4 is 11.2 Å². The van der Waals surface area contributed by atoms with E-state index in [0.717, 1.165) is 34.1 Å². The largest absolute Gasteiger partial charge is 0.418 e. The Morgan fingerprint density at radius 2 is 1.66 bits per heavy atom. The standard InChI is InChI=1S/C24H19F4N3O3S/c1-13-18-20(32)31(17-7-5-4-6-16(17)24(26,27)28)23(34)30(12-14-8-10-15(25)11-9-14)22(18)35-19(13)21(33)29(2)3/h4-11H,12H2,1-3H3. The first kappa shape index (κ1) is 24.4. The third kappa shape index (κ3) is 4.27. The summed E-state index contributed by atoms with van der Waals surface area (Å²) in [5.74, 6) is -0.910. The number of halogens is 4. The minimum absolute atomic E-state index is 0.0288. The normalized spacial score (nSPS) is 11.7. The number of amides is 1. The van der Waals surface area contributed by atoms with Crippen molar-refractivity contribution < 1.29 is 22.4 Å². The third-order valence-corrected chi connectivity index (χ3v) is 6.82. The molecule has 0 aliphatic heterocycles. The molecule has 0 aliphatic rings. The molecule has 35 heavy (non-hydrogen) atoms. The van der Waals surface area contributed by atoms with Gasteiger partial charge in [-0.15, -0.1) is 11.3 Å². The van der Waals surface area contributed by atoms with Crippen LogP contribution in [0.2, 0.25) is 0 Å². The molecule has 0 fully saturated rings. The van der Waals surface area contributed by atoms with Gasteiger partial charge in [0.05, 0.1) is 28.1 Å². The number of carbonyl (C=O) groups excluding carboxylic acids is 1. The highest BCUT2D eigenvalue weighted by atomic mass is 32.1. The van der Waals surface area contributed by atoms with Crippen LogP contribution in [0.1, 0.15) is 26.4 Å². The number of thiophene rings is 1. The minimum Gasteiger partial charge on any atom is -0.344 e. The van der Waals surface area contributed by atoms with Gasteiger partial charge in [0.2, 0.25) is 0 Å². The smallest absolute Gasteiger partial charge is 0.344 e. The van der Waals surface area contributed by atoms with E-state index in [1.807, 2.05) is 0 Å². The summed E-state index contributed by atoms with van der Waals surface area (Å²) in [6.45, 7) is 1.36. The summed E-state index contributed by atoms with van der Waals surface area (Å²) >= 11 is 0.913. The number of para-hydroxylation sites is 1. The van der Waals surface area contributed by atoms with Crippen molar-refractivity contribution in [1.29, 1.82) is 0 Å². The Kier molecular flexibility index (Phi) is 6.14. The van der Waals surface area contributed by atoms with E-state index in [4.69, 9.17) is 0 Å². The van der Waals surface area contributed by atoms with Gasteiger partial charge in [0.1, 0.15) is 10.6 Å². The summed E-state index contributed by atoms with van der Waals surface area (Å²) in [6, 6.07) is 9.53. The third-order valence-electron chi connectivity index (χ3n) is 5.52. The predicted molar refractivity (Wildman–Crippen MR) is 125 cm³/mol. The van der Waals surface area contributed by atoms with E-state index in [-0.39, 0.29) is 27.2 Å². The lowest BCUT2D eigenvalue weighted by atomic mass is 10.1. The second-order valence-electron chi connectivity index (χ2n) is 8.09. The average Bonchev–Trinajstić information content (AvgIpc) is 3.14. The molecule has 0 saturated carbocycles. The topological polar surface area (TPSA) is 64.3 Å². The Bertz CT molecular complexity index is 1560. The van der Waals surface area contributed by atoms with Crippen molar-refractivity contribution >= 4 is 27.5 Å². The fraction of sp³-hybridized carbons (Fsp3) is 0.208. The Morgan fingerprint density at radius 3 is 2.26 bits per heavy atom. The first-order valence-electron chi connectivity index (χ1n) is 10.3. The zero-order chi connectivity index (χ0) is 25.7. The Labute approximate surface area is 200 Å². The number of hydrogen-bond donors (Lipinski definition) is 0. The summed E-state index contributed by atoms with van der Waals surface area (Å²) in [4.78, 5) is 41.5. The number of aryl methyl sites for hydroxylation is 1. The number of rotatable bonds is 4. The number of benzene rings is 2. The zero-order valence-electron chi connectivity index (χ0n) is 18.8. The van der Waals surface area contributed by atoms with E-state index in [9.17, 15) is 31.9 Å². The van der Waals surface area contributed by atoms with Crippen molar-refractivity contribution in [3.63, 3.8) is 0 Å². The maximum Gasteiger partial charge on any atom is 0.418 e. The van der Waals surface area contributed by atoms with Gasteiger partial charge in [-0.1, -0.05) is 24.3 Å². The van der Waals surface area contributed by atoms with Crippen molar-refractivity contribution in [1.82, 2.24) is 14.0 Å². The van der Waals surface area contributed by atoms with Crippen molar-refractivity contribution in [2.24, 2.45) is 0 Å². The number of hydrogen-bond acceptors (Lipinski definition) is 4. The second kappa shape index (κ2) is 8.81. The van der Waals surface area contributed by atoms with E-state index < -0.39 is 40.4 Å². The van der Waals surface area contributed by atoms with Crippen LogP contribution in [0, 0.1) is 12.7 Å². The molecule has 2 heterocycles. The zero-order valence-corrected chi connectivity index (χ0v) is 19.6. The summed E-state index contributed by atoms with van der Waals surface area (Å²) in [5.41, 5.74) is -2.98. The number of fused-ring (bicyclic) bond motifs is 1. The molecule has 182 valence electrons. The van der Waals surface area contributed by atoms with Crippen molar-refractivity contribution in [3.8, 4) is 5.69 Å². The van der Waals surface area contributed by atoms with Crippen LogP contribution in [0.15, 0.2) is 58.1 Å². The van der Waals surface area contributed by atoms with Crippen LogP contribution in [0.25, 0.3) is 15.9 Å². The summed E-state index contributed by atoms with van der Waals surface area (Å²) < 4.78 is 56.3. The Hall–Kier alpha value is -3.73. The van der Waals surface area contributed by atoms with Crippen LogP contribution in [0.3, 0.4) is 0 Å². The fourth-order valence-corrected chi connectivity index (χ4v) is 5.10. The molecular weight excluding hydrogens is 486 g/mol. The molecule has 4 rings (SSSR count). The number of aromatic nitrogens is 2. The summed E-state index contributed by atoms with van der Waals surface area (Å²) in [5, 5.41) is -0.0288. The van der Waals surface area contributed by atoms with E-state index >= 15 is 0 Å². The maximum atomic E-state index is 13.8. The molecule has 0 saturated heterocycles. The van der Waals surface area contributed by atoms with Crippen LogP contribution in [-0.4, -0.2) is 34.0 Å². The first-order valence-corrected chi connectivity index (χ1v) is 11.1. The van der Waals surface area contributed by atoms with Gasteiger partial charge >= 0.3 is 11.9 Å². The van der Waals surface area contributed by atoms with Gasteiger partial charge in [0.25, 0.3) is 11.5 Å². The number of carbonyl (C=O) groups is 1. The van der Waals surface area contributed by atoms with Gasteiger partial charge in [-0.05, 0) is 42.3 Å². The molecule has 0 atom stereocenters. The highest BCUT2D eigenvalue weighted by Crippen LogP contribution is 2.34. The van der Waals surface area contributed by atoms with Crippen molar-refractivity contribution in [2.45, 2.75) is 19.6 Å². The molecule has 11 heteroatoms. The molecule has 0 bridgehead atoms. The SMILES string of the molecule is Cc1c(C(=O)N(C)C)sc2c1c(=O)n(-c1ccccc1C(F)(F)F)c(=O)n2Cc1ccc(F)cc1. The fourth-order valence-electron chi connectivity index (χ4n) is 3.79. The Morgan fingerprint density at radius 1 is 1.03 bits per heavy atom. The molecule has 1 amide bonds. The molecule has 0 spiro atoms. The monoisotopic (exact) mass is 505 g/mol. The van der Waals surface area contributed by atoms with Gasteiger partial charge < -0.3 is 4.90 Å².